The van der Waals surface area contributed by atoms with Crippen LogP contribution in [-0.4, -0.2) is 31.9 Å². The number of hydrogen-bond acceptors (Lipinski definition) is 5. The molecule has 0 radical (unpaired) electrons. The molecule has 1 aromatic heterocycles. The third-order valence-corrected chi connectivity index (χ3v) is 4.67. The molecule has 0 fully saturated rings. The molecular formula is C17H15ClN4O2S. The zero-order valence-corrected chi connectivity index (χ0v) is 14.9. The monoisotopic (exact) mass is 374 g/mol. The maximum absolute atomic E-state index is 12.0. The summed E-state index contributed by atoms with van der Waals surface area (Å²) in [6, 6.07) is 12.2. The highest BCUT2D eigenvalue weighted by Crippen LogP contribution is 2.27. The van der Waals surface area contributed by atoms with Crippen LogP contribution in [0.5, 0.6) is 5.75 Å². The second-order valence-electron chi connectivity index (χ2n) is 5.28. The number of phenols is 1. The van der Waals surface area contributed by atoms with Gasteiger partial charge in [-0.15, -0.1) is 5.10 Å². The van der Waals surface area contributed by atoms with E-state index in [9.17, 15) is 9.90 Å². The van der Waals surface area contributed by atoms with Crippen molar-refractivity contribution in [3.63, 3.8) is 0 Å². The van der Waals surface area contributed by atoms with Crippen molar-refractivity contribution in [2.45, 2.75) is 12.1 Å². The summed E-state index contributed by atoms with van der Waals surface area (Å²) in [4.78, 5) is 16.3. The molecule has 0 bridgehead atoms. The SMILES string of the molecule is Cc1ccc(NC(=O)CSc2n[nH]c(-c3ccccc3O)n2)cc1Cl. The number of amides is 1. The fraction of sp³-hybridized carbons (Fsp3) is 0.118. The highest BCUT2D eigenvalue weighted by atomic mass is 35.5. The second-order valence-corrected chi connectivity index (χ2v) is 6.63. The molecule has 25 heavy (non-hydrogen) atoms. The first kappa shape index (κ1) is 17.3. The van der Waals surface area contributed by atoms with Crippen LogP contribution in [0, 0.1) is 6.92 Å². The van der Waals surface area contributed by atoms with E-state index in [0.29, 0.717) is 27.3 Å². The number of carbonyl (C=O) groups excluding carboxylic acids is 1. The number of benzene rings is 2. The fourth-order valence-electron chi connectivity index (χ4n) is 2.10. The molecule has 3 rings (SSSR count). The van der Waals surface area contributed by atoms with Gasteiger partial charge in [0.2, 0.25) is 11.1 Å². The molecule has 8 heteroatoms. The molecule has 0 unspecified atom stereocenters. The molecule has 0 spiro atoms. The average molecular weight is 375 g/mol. The number of thioether (sulfide) groups is 1. The van der Waals surface area contributed by atoms with Gasteiger partial charge in [0.15, 0.2) is 5.82 Å². The molecule has 3 N–H and O–H groups in total. The molecule has 1 heterocycles. The molecule has 0 aliphatic rings. The Morgan fingerprint density at radius 1 is 1.32 bits per heavy atom. The Balaban J connectivity index is 1.59. The smallest absolute Gasteiger partial charge is 0.234 e. The van der Waals surface area contributed by atoms with E-state index in [2.05, 4.69) is 20.5 Å². The van der Waals surface area contributed by atoms with Gasteiger partial charge in [-0.2, -0.15) is 0 Å². The topological polar surface area (TPSA) is 90.9 Å². The summed E-state index contributed by atoms with van der Waals surface area (Å²) in [5.74, 6) is 0.540. The lowest BCUT2D eigenvalue weighted by Gasteiger charge is -2.05. The Kier molecular flexibility index (Phi) is 5.25. The van der Waals surface area contributed by atoms with Crippen LogP contribution in [-0.2, 0) is 4.79 Å². The summed E-state index contributed by atoms with van der Waals surface area (Å²) in [5.41, 5.74) is 2.15. The molecule has 128 valence electrons. The number of anilines is 1. The van der Waals surface area contributed by atoms with Crippen molar-refractivity contribution in [3.8, 4) is 17.1 Å². The first-order valence-corrected chi connectivity index (χ1v) is 8.79. The molecule has 0 saturated carbocycles. The van der Waals surface area contributed by atoms with Crippen LogP contribution in [0.2, 0.25) is 5.02 Å². The molecule has 2 aromatic carbocycles. The second kappa shape index (κ2) is 7.58. The van der Waals surface area contributed by atoms with Gasteiger partial charge in [0, 0.05) is 10.7 Å². The molecular weight excluding hydrogens is 360 g/mol. The van der Waals surface area contributed by atoms with Gasteiger partial charge in [0.25, 0.3) is 0 Å². The zero-order chi connectivity index (χ0) is 17.8. The third-order valence-electron chi connectivity index (χ3n) is 3.41. The molecule has 0 aliphatic heterocycles. The number of nitrogens with one attached hydrogen (secondary N) is 2. The zero-order valence-electron chi connectivity index (χ0n) is 13.3. The van der Waals surface area contributed by atoms with Gasteiger partial charge in [-0.3, -0.25) is 9.89 Å². The third kappa shape index (κ3) is 4.32. The highest BCUT2D eigenvalue weighted by molar-refractivity contribution is 7.99. The van der Waals surface area contributed by atoms with Gasteiger partial charge in [-0.25, -0.2) is 4.98 Å². The van der Waals surface area contributed by atoms with Gasteiger partial charge < -0.3 is 10.4 Å². The normalized spacial score (nSPS) is 10.6. The first-order chi connectivity index (χ1) is 12.0. The van der Waals surface area contributed by atoms with E-state index in [0.717, 1.165) is 5.56 Å². The van der Waals surface area contributed by atoms with Gasteiger partial charge in [-0.05, 0) is 36.8 Å². The fourth-order valence-corrected chi connectivity index (χ4v) is 2.88. The number of nitrogens with zero attached hydrogens (tertiary/aromatic N) is 2. The number of hydrogen-bond donors (Lipinski definition) is 3. The molecule has 0 saturated heterocycles. The van der Waals surface area contributed by atoms with E-state index < -0.39 is 0 Å². The van der Waals surface area contributed by atoms with Crippen LogP contribution < -0.4 is 5.32 Å². The Morgan fingerprint density at radius 2 is 2.12 bits per heavy atom. The Bertz CT molecular complexity index is 913. The Labute approximate surface area is 153 Å². The predicted octanol–water partition coefficient (Wildman–Crippen LogP) is 3.87. The average Bonchev–Trinajstić information content (AvgIpc) is 3.05. The summed E-state index contributed by atoms with van der Waals surface area (Å²) in [7, 11) is 0. The standard InChI is InChI=1S/C17H15ClN4O2S/c1-10-6-7-11(8-13(10)18)19-15(24)9-25-17-20-16(21-22-17)12-4-2-3-5-14(12)23/h2-8,23H,9H2,1H3,(H,19,24)(H,20,21,22). The van der Waals surface area contributed by atoms with Crippen LogP contribution in [0.4, 0.5) is 5.69 Å². The minimum absolute atomic E-state index is 0.115. The summed E-state index contributed by atoms with van der Waals surface area (Å²) < 4.78 is 0. The first-order valence-electron chi connectivity index (χ1n) is 7.42. The van der Waals surface area contributed by atoms with Crippen LogP contribution in [0.25, 0.3) is 11.4 Å². The molecule has 1 amide bonds. The van der Waals surface area contributed by atoms with E-state index in [1.807, 2.05) is 13.0 Å². The number of aromatic hydroxyl groups is 1. The number of carbonyl (C=O) groups is 1. The number of aryl methyl sites for hydroxylation is 1. The van der Waals surface area contributed by atoms with Crippen molar-refractivity contribution >= 4 is 35.0 Å². The minimum Gasteiger partial charge on any atom is -0.507 e. The van der Waals surface area contributed by atoms with E-state index in [1.54, 1.807) is 36.4 Å². The number of phenolic OH excluding ortho intramolecular Hbond substituents is 1. The van der Waals surface area contributed by atoms with Gasteiger partial charge in [0.1, 0.15) is 5.75 Å². The lowest BCUT2D eigenvalue weighted by atomic mass is 10.2. The van der Waals surface area contributed by atoms with E-state index >= 15 is 0 Å². The Morgan fingerprint density at radius 3 is 2.88 bits per heavy atom. The maximum Gasteiger partial charge on any atom is 0.234 e. The van der Waals surface area contributed by atoms with Gasteiger partial charge in [0.05, 0.1) is 11.3 Å². The number of aromatic nitrogens is 3. The summed E-state index contributed by atoms with van der Waals surface area (Å²) in [5, 5.41) is 20.4. The van der Waals surface area contributed by atoms with Crippen LogP contribution in [0.15, 0.2) is 47.6 Å². The van der Waals surface area contributed by atoms with Crippen molar-refractivity contribution in [2.75, 3.05) is 11.1 Å². The van der Waals surface area contributed by atoms with Crippen molar-refractivity contribution < 1.29 is 9.90 Å². The largest absolute Gasteiger partial charge is 0.507 e. The molecule has 6 nitrogen and oxygen atoms in total. The van der Waals surface area contributed by atoms with E-state index in [4.69, 9.17) is 11.6 Å². The van der Waals surface area contributed by atoms with Crippen molar-refractivity contribution in [3.05, 3.63) is 53.1 Å². The maximum atomic E-state index is 12.0. The summed E-state index contributed by atoms with van der Waals surface area (Å²) in [6.45, 7) is 1.90. The quantitative estimate of drug-likeness (QED) is 0.590. The number of H-pyrrole nitrogens is 1. The highest BCUT2D eigenvalue weighted by Gasteiger charge is 2.11. The van der Waals surface area contributed by atoms with Gasteiger partial charge >= 0.3 is 0 Å². The number of para-hydroxylation sites is 1. The van der Waals surface area contributed by atoms with Gasteiger partial charge in [-0.1, -0.05) is 41.6 Å². The number of halogens is 1. The molecule has 0 aliphatic carbocycles. The van der Waals surface area contributed by atoms with Crippen LogP contribution in [0.1, 0.15) is 5.56 Å². The molecule has 0 atom stereocenters. The summed E-state index contributed by atoms with van der Waals surface area (Å²) in [6.07, 6.45) is 0. The predicted molar refractivity (Wildman–Crippen MR) is 99.0 cm³/mol. The van der Waals surface area contributed by atoms with Crippen molar-refractivity contribution in [1.29, 1.82) is 0 Å². The van der Waals surface area contributed by atoms with E-state index in [1.165, 1.54) is 11.8 Å². The number of rotatable bonds is 5. The van der Waals surface area contributed by atoms with Crippen LogP contribution >= 0.6 is 23.4 Å². The Hall–Kier alpha value is -2.51. The lowest BCUT2D eigenvalue weighted by molar-refractivity contribution is -0.113. The van der Waals surface area contributed by atoms with Crippen molar-refractivity contribution in [2.24, 2.45) is 0 Å². The number of aromatic amines is 1. The molecule has 3 aromatic rings. The van der Waals surface area contributed by atoms with Crippen molar-refractivity contribution in [1.82, 2.24) is 15.2 Å². The van der Waals surface area contributed by atoms with Crippen LogP contribution in [0.3, 0.4) is 0 Å². The summed E-state index contributed by atoms with van der Waals surface area (Å²) >= 11 is 7.24. The van der Waals surface area contributed by atoms with E-state index in [-0.39, 0.29) is 17.4 Å². The minimum atomic E-state index is -0.182. The lowest BCUT2D eigenvalue weighted by Crippen LogP contribution is -2.14.